The van der Waals surface area contributed by atoms with Crippen molar-refractivity contribution in [3.8, 4) is 0 Å². The van der Waals surface area contributed by atoms with Gasteiger partial charge < -0.3 is 10.4 Å². The molecule has 1 aliphatic rings. The van der Waals surface area contributed by atoms with Crippen molar-refractivity contribution in [2.24, 2.45) is 5.92 Å². The highest BCUT2D eigenvalue weighted by Crippen LogP contribution is 2.41. The van der Waals surface area contributed by atoms with Crippen LogP contribution in [0.1, 0.15) is 24.0 Å². The Morgan fingerprint density at radius 1 is 1.53 bits per heavy atom. The second kappa shape index (κ2) is 5.97. The predicted octanol–water partition coefficient (Wildman–Crippen LogP) is 2.68. The van der Waals surface area contributed by atoms with Crippen LogP contribution in [-0.2, 0) is 10.5 Å². The molecule has 3 nitrogen and oxygen atoms in total. The molecular weight excluding hydrogens is 258 g/mol. The Morgan fingerprint density at radius 2 is 2.26 bits per heavy atom. The normalized spacial score (nSPS) is 18.0. The van der Waals surface area contributed by atoms with E-state index in [9.17, 15) is 9.90 Å². The Balaban J connectivity index is 1.94. The molecule has 1 atom stereocenters. The lowest BCUT2D eigenvalue weighted by Crippen LogP contribution is -2.54. The molecule has 0 aromatic heterocycles. The third kappa shape index (κ3) is 3.31. The number of nitrogens with one attached hydrogen (secondary N) is 1. The van der Waals surface area contributed by atoms with Gasteiger partial charge in [-0.1, -0.05) is 29.8 Å². The quantitative estimate of drug-likeness (QED) is 0.805. The Bertz CT molecular complexity index is 459. The van der Waals surface area contributed by atoms with Crippen molar-refractivity contribution in [3.63, 3.8) is 0 Å². The minimum absolute atomic E-state index is 0.292. The molecule has 2 rings (SSSR count). The minimum atomic E-state index is -0.742. The van der Waals surface area contributed by atoms with Crippen LogP contribution in [0.3, 0.4) is 0 Å². The number of carboxylic acid groups (broad SMARTS) is 1. The van der Waals surface area contributed by atoms with Gasteiger partial charge in [0.15, 0.2) is 0 Å². The molecule has 0 amide bonds. The summed E-state index contributed by atoms with van der Waals surface area (Å²) in [6.07, 6.45) is 2.05. The minimum Gasteiger partial charge on any atom is -0.480 e. The first-order valence-corrected chi connectivity index (χ1v) is 7.79. The highest BCUT2D eigenvalue weighted by Gasteiger charge is 2.49. The molecule has 0 aliphatic heterocycles. The number of rotatable bonds is 7. The molecule has 1 aromatic rings. The van der Waals surface area contributed by atoms with Crippen molar-refractivity contribution in [1.29, 1.82) is 0 Å². The zero-order valence-corrected chi connectivity index (χ0v) is 12.3. The van der Waals surface area contributed by atoms with Crippen LogP contribution < -0.4 is 5.32 Å². The van der Waals surface area contributed by atoms with Gasteiger partial charge in [-0.3, -0.25) is 4.79 Å². The highest BCUT2D eigenvalue weighted by atomic mass is 32.2. The van der Waals surface area contributed by atoms with Crippen LogP contribution in [0.15, 0.2) is 24.3 Å². The molecule has 104 valence electrons. The number of aliphatic carboxylic acids is 1. The summed E-state index contributed by atoms with van der Waals surface area (Å²) >= 11 is 1.70. The van der Waals surface area contributed by atoms with Gasteiger partial charge in [0.05, 0.1) is 0 Å². The van der Waals surface area contributed by atoms with Crippen LogP contribution in [0.2, 0.25) is 0 Å². The Morgan fingerprint density at radius 3 is 2.79 bits per heavy atom. The SMILES string of the molecule is CNC(CSCc1cccc(C)c1)(C(=O)O)C1CC1. The summed E-state index contributed by atoms with van der Waals surface area (Å²) in [5.41, 5.74) is 1.77. The second-order valence-electron chi connectivity index (χ2n) is 5.28. The fourth-order valence-corrected chi connectivity index (χ4v) is 3.79. The highest BCUT2D eigenvalue weighted by molar-refractivity contribution is 7.98. The van der Waals surface area contributed by atoms with E-state index in [2.05, 4.69) is 36.5 Å². The van der Waals surface area contributed by atoms with E-state index in [1.165, 1.54) is 11.1 Å². The predicted molar refractivity (Wildman–Crippen MR) is 79.5 cm³/mol. The molecule has 0 bridgehead atoms. The van der Waals surface area contributed by atoms with Crippen LogP contribution in [0, 0.1) is 12.8 Å². The maximum absolute atomic E-state index is 11.6. The lowest BCUT2D eigenvalue weighted by Gasteiger charge is -2.28. The first-order valence-electron chi connectivity index (χ1n) is 6.64. The maximum atomic E-state index is 11.6. The van der Waals surface area contributed by atoms with E-state index in [-0.39, 0.29) is 0 Å². The molecule has 0 heterocycles. The summed E-state index contributed by atoms with van der Waals surface area (Å²) in [7, 11) is 1.76. The third-order valence-electron chi connectivity index (χ3n) is 3.78. The van der Waals surface area contributed by atoms with Gasteiger partial charge in [-0.05, 0) is 38.3 Å². The zero-order chi connectivity index (χ0) is 13.9. The van der Waals surface area contributed by atoms with Crippen LogP contribution in [0.25, 0.3) is 0 Å². The lowest BCUT2D eigenvalue weighted by molar-refractivity contribution is -0.144. The van der Waals surface area contributed by atoms with Crippen molar-refractivity contribution >= 4 is 17.7 Å². The van der Waals surface area contributed by atoms with Crippen molar-refractivity contribution in [3.05, 3.63) is 35.4 Å². The van der Waals surface area contributed by atoms with Gasteiger partial charge in [0, 0.05) is 11.5 Å². The molecule has 0 spiro atoms. The first kappa shape index (κ1) is 14.4. The lowest BCUT2D eigenvalue weighted by atomic mass is 9.96. The third-order valence-corrected chi connectivity index (χ3v) is 4.98. The van der Waals surface area contributed by atoms with Crippen molar-refractivity contribution < 1.29 is 9.90 Å². The molecule has 0 saturated heterocycles. The fourth-order valence-electron chi connectivity index (χ4n) is 2.45. The van der Waals surface area contributed by atoms with Gasteiger partial charge in [-0.15, -0.1) is 0 Å². The van der Waals surface area contributed by atoms with Gasteiger partial charge in [0.2, 0.25) is 0 Å². The number of hydrogen-bond donors (Lipinski definition) is 2. The Hall–Kier alpha value is -1.00. The summed E-state index contributed by atoms with van der Waals surface area (Å²) < 4.78 is 0. The standard InChI is InChI=1S/C15H21NO2S/c1-11-4-3-5-12(8-11)9-19-10-15(16-2,14(17)18)13-6-7-13/h3-5,8,13,16H,6-7,9-10H2,1-2H3,(H,17,18). The van der Waals surface area contributed by atoms with Gasteiger partial charge in [0.25, 0.3) is 0 Å². The zero-order valence-electron chi connectivity index (χ0n) is 11.5. The van der Waals surface area contributed by atoms with Gasteiger partial charge in [-0.25, -0.2) is 0 Å². The average molecular weight is 279 g/mol. The molecule has 0 radical (unpaired) electrons. The topological polar surface area (TPSA) is 49.3 Å². The summed E-state index contributed by atoms with van der Waals surface area (Å²) in [5, 5.41) is 12.6. The van der Waals surface area contributed by atoms with Gasteiger partial charge >= 0.3 is 5.97 Å². The summed E-state index contributed by atoms with van der Waals surface area (Å²) in [5.74, 6) is 1.07. The molecule has 1 unspecified atom stereocenters. The van der Waals surface area contributed by atoms with Crippen molar-refractivity contribution in [1.82, 2.24) is 5.32 Å². The number of carboxylic acids is 1. The van der Waals surface area contributed by atoms with Crippen LogP contribution in [0.4, 0.5) is 0 Å². The number of aryl methyl sites for hydroxylation is 1. The molecular formula is C15H21NO2S. The summed E-state index contributed by atoms with van der Waals surface area (Å²) in [6.45, 7) is 2.08. The summed E-state index contributed by atoms with van der Waals surface area (Å²) in [4.78, 5) is 11.6. The molecule has 1 aromatic carbocycles. The number of likely N-dealkylation sites (N-methyl/N-ethyl adjacent to an activating group) is 1. The molecule has 4 heteroatoms. The van der Waals surface area contributed by atoms with E-state index in [0.29, 0.717) is 11.7 Å². The van der Waals surface area contributed by atoms with Crippen LogP contribution in [-0.4, -0.2) is 29.4 Å². The van der Waals surface area contributed by atoms with E-state index >= 15 is 0 Å². The van der Waals surface area contributed by atoms with Crippen LogP contribution in [0.5, 0.6) is 0 Å². The monoisotopic (exact) mass is 279 g/mol. The van der Waals surface area contributed by atoms with Crippen molar-refractivity contribution in [2.45, 2.75) is 31.1 Å². The molecule has 19 heavy (non-hydrogen) atoms. The number of hydrogen-bond acceptors (Lipinski definition) is 3. The van der Waals surface area contributed by atoms with E-state index in [4.69, 9.17) is 0 Å². The van der Waals surface area contributed by atoms with Gasteiger partial charge in [0.1, 0.15) is 5.54 Å². The summed E-state index contributed by atoms with van der Waals surface area (Å²) in [6, 6.07) is 8.38. The molecule has 2 N–H and O–H groups in total. The second-order valence-corrected chi connectivity index (χ2v) is 6.27. The Kier molecular flexibility index (Phi) is 4.53. The van der Waals surface area contributed by atoms with Crippen molar-refractivity contribution in [2.75, 3.05) is 12.8 Å². The Labute approximate surface area is 118 Å². The number of carbonyl (C=O) groups is 1. The van der Waals surface area contributed by atoms with E-state index in [1.807, 2.05) is 0 Å². The van der Waals surface area contributed by atoms with E-state index in [0.717, 1.165) is 18.6 Å². The molecule has 1 aliphatic carbocycles. The number of thioether (sulfide) groups is 1. The molecule has 1 fully saturated rings. The number of benzene rings is 1. The largest absolute Gasteiger partial charge is 0.480 e. The first-order chi connectivity index (χ1) is 9.08. The molecule has 1 saturated carbocycles. The maximum Gasteiger partial charge on any atom is 0.325 e. The average Bonchev–Trinajstić information content (AvgIpc) is 3.19. The van der Waals surface area contributed by atoms with E-state index in [1.54, 1.807) is 18.8 Å². The van der Waals surface area contributed by atoms with Crippen LogP contribution >= 0.6 is 11.8 Å². The van der Waals surface area contributed by atoms with E-state index < -0.39 is 11.5 Å². The van der Waals surface area contributed by atoms with Gasteiger partial charge in [-0.2, -0.15) is 11.8 Å². The fraction of sp³-hybridized carbons (Fsp3) is 0.533. The smallest absolute Gasteiger partial charge is 0.325 e.